The van der Waals surface area contributed by atoms with E-state index in [4.69, 9.17) is 0 Å². The lowest BCUT2D eigenvalue weighted by Gasteiger charge is -2.28. The minimum atomic E-state index is -1.01. The van der Waals surface area contributed by atoms with Crippen LogP contribution in [-0.4, -0.2) is 42.3 Å². The van der Waals surface area contributed by atoms with Crippen molar-refractivity contribution in [2.45, 2.75) is 18.9 Å². The number of benzene rings is 2. The van der Waals surface area contributed by atoms with Crippen LogP contribution in [0.2, 0.25) is 0 Å². The lowest BCUT2D eigenvalue weighted by molar-refractivity contribution is 0.198. The molecular formula is C19H21FN2O2. The maximum Gasteiger partial charge on any atom is 0.411 e. The van der Waals surface area contributed by atoms with E-state index in [1.807, 2.05) is 7.05 Å². The van der Waals surface area contributed by atoms with Crippen LogP contribution in [0, 0.1) is 5.82 Å². The predicted octanol–water partition coefficient (Wildman–Crippen LogP) is 4.07. The molecule has 2 aromatic rings. The van der Waals surface area contributed by atoms with E-state index in [9.17, 15) is 14.3 Å². The number of amides is 1. The molecule has 0 spiro atoms. The Morgan fingerprint density at radius 3 is 2.50 bits per heavy atom. The van der Waals surface area contributed by atoms with E-state index < -0.39 is 6.09 Å². The fourth-order valence-corrected chi connectivity index (χ4v) is 3.32. The van der Waals surface area contributed by atoms with Gasteiger partial charge in [0.15, 0.2) is 0 Å². The summed E-state index contributed by atoms with van der Waals surface area (Å²) in [7, 11) is 2.01. The summed E-state index contributed by atoms with van der Waals surface area (Å²) >= 11 is 0. The molecule has 1 atom stereocenters. The number of likely N-dealkylation sites (N-methyl/N-ethyl adjacent to an activating group) is 1. The van der Waals surface area contributed by atoms with E-state index >= 15 is 0 Å². The molecule has 1 fully saturated rings. The third-order valence-corrected chi connectivity index (χ3v) is 4.65. The number of para-hydroxylation sites is 1. The topological polar surface area (TPSA) is 43.8 Å². The predicted molar refractivity (Wildman–Crippen MR) is 92.9 cm³/mol. The molecule has 0 bridgehead atoms. The Bertz CT molecular complexity index is 735. The van der Waals surface area contributed by atoms with Crippen LogP contribution in [0.15, 0.2) is 48.5 Å². The van der Waals surface area contributed by atoms with Gasteiger partial charge in [0.2, 0.25) is 0 Å². The minimum absolute atomic E-state index is 0.190. The van der Waals surface area contributed by atoms with Gasteiger partial charge in [-0.2, -0.15) is 0 Å². The van der Waals surface area contributed by atoms with Crippen molar-refractivity contribution in [2.24, 2.45) is 0 Å². The molecule has 1 heterocycles. The number of hydrogen-bond donors (Lipinski definition) is 1. The van der Waals surface area contributed by atoms with Crippen molar-refractivity contribution in [1.29, 1.82) is 0 Å². The molecule has 24 heavy (non-hydrogen) atoms. The van der Waals surface area contributed by atoms with E-state index in [1.165, 1.54) is 11.0 Å². The Balaban J connectivity index is 2.00. The molecule has 2 aromatic carbocycles. The van der Waals surface area contributed by atoms with Crippen LogP contribution in [0.25, 0.3) is 11.1 Å². The third-order valence-electron chi connectivity index (χ3n) is 4.65. The Labute approximate surface area is 141 Å². The Hall–Kier alpha value is -2.40. The average Bonchev–Trinajstić information content (AvgIpc) is 2.98. The van der Waals surface area contributed by atoms with Crippen LogP contribution in [-0.2, 0) is 0 Å². The molecule has 0 unspecified atom stereocenters. The third kappa shape index (κ3) is 3.26. The van der Waals surface area contributed by atoms with Crippen LogP contribution in [0.4, 0.5) is 14.9 Å². The number of carboxylic acid groups (broad SMARTS) is 1. The van der Waals surface area contributed by atoms with Gasteiger partial charge in [-0.1, -0.05) is 36.4 Å². The minimum Gasteiger partial charge on any atom is -0.465 e. The quantitative estimate of drug-likeness (QED) is 0.920. The highest BCUT2D eigenvalue weighted by Gasteiger charge is 2.28. The second-order valence-corrected chi connectivity index (χ2v) is 6.17. The van der Waals surface area contributed by atoms with Gasteiger partial charge < -0.3 is 10.0 Å². The first kappa shape index (κ1) is 16.5. The first-order valence-electron chi connectivity index (χ1n) is 8.12. The maximum atomic E-state index is 14.2. The molecule has 0 saturated carbocycles. The lowest BCUT2D eigenvalue weighted by Crippen LogP contribution is -2.41. The molecule has 0 aliphatic carbocycles. The largest absolute Gasteiger partial charge is 0.465 e. The highest BCUT2D eigenvalue weighted by Crippen LogP contribution is 2.33. The summed E-state index contributed by atoms with van der Waals surface area (Å²) in [6, 6.07) is 13.7. The van der Waals surface area contributed by atoms with Gasteiger partial charge in [0.1, 0.15) is 5.82 Å². The molecule has 1 aliphatic heterocycles. The van der Waals surface area contributed by atoms with Gasteiger partial charge in [-0.05, 0) is 38.6 Å². The van der Waals surface area contributed by atoms with Crippen LogP contribution < -0.4 is 4.90 Å². The molecule has 1 saturated heterocycles. The molecule has 4 nitrogen and oxygen atoms in total. The van der Waals surface area contributed by atoms with Crippen molar-refractivity contribution < 1.29 is 14.3 Å². The van der Waals surface area contributed by atoms with E-state index in [-0.39, 0.29) is 11.9 Å². The first-order valence-corrected chi connectivity index (χ1v) is 8.12. The number of rotatable bonds is 4. The molecule has 126 valence electrons. The molecule has 1 aliphatic rings. The maximum absolute atomic E-state index is 14.2. The van der Waals surface area contributed by atoms with Crippen molar-refractivity contribution in [3.05, 3.63) is 54.3 Å². The fraction of sp³-hybridized carbons (Fsp3) is 0.316. The summed E-state index contributed by atoms with van der Waals surface area (Å²) < 4.78 is 14.2. The lowest BCUT2D eigenvalue weighted by atomic mass is 10.0. The standard InChI is InChI=1S/C19H21FN2O2/c1-21-12-6-7-14(21)13-22(19(23)24)18-11-5-3-9-16(18)15-8-2-4-10-17(15)20/h2-5,8-11,14H,6-7,12-13H2,1H3,(H,23,24)/t14-/m0/s1. The Morgan fingerprint density at radius 2 is 1.88 bits per heavy atom. The van der Waals surface area contributed by atoms with Gasteiger partial charge in [0.25, 0.3) is 0 Å². The molecule has 3 rings (SSSR count). The second-order valence-electron chi connectivity index (χ2n) is 6.17. The molecule has 1 amide bonds. The molecular weight excluding hydrogens is 307 g/mol. The number of carbonyl (C=O) groups is 1. The Morgan fingerprint density at radius 1 is 1.21 bits per heavy atom. The average molecular weight is 328 g/mol. The summed E-state index contributed by atoms with van der Waals surface area (Å²) in [5.74, 6) is -0.353. The summed E-state index contributed by atoms with van der Waals surface area (Å²) in [5.41, 5.74) is 1.54. The summed E-state index contributed by atoms with van der Waals surface area (Å²) in [4.78, 5) is 15.4. The monoisotopic (exact) mass is 328 g/mol. The zero-order valence-electron chi connectivity index (χ0n) is 13.7. The van der Waals surface area contributed by atoms with Crippen molar-refractivity contribution in [2.75, 3.05) is 25.0 Å². The van der Waals surface area contributed by atoms with Gasteiger partial charge in [0, 0.05) is 23.7 Å². The second kappa shape index (κ2) is 7.01. The zero-order valence-corrected chi connectivity index (χ0v) is 13.7. The molecule has 1 N–H and O–H groups in total. The van der Waals surface area contributed by atoms with Crippen LogP contribution in [0.3, 0.4) is 0 Å². The van der Waals surface area contributed by atoms with Crippen molar-refractivity contribution in [3.8, 4) is 11.1 Å². The van der Waals surface area contributed by atoms with Crippen molar-refractivity contribution in [3.63, 3.8) is 0 Å². The highest BCUT2D eigenvalue weighted by molar-refractivity contribution is 5.93. The van der Waals surface area contributed by atoms with Gasteiger partial charge in [-0.25, -0.2) is 9.18 Å². The zero-order chi connectivity index (χ0) is 17.1. The molecule has 0 aromatic heterocycles. The van der Waals surface area contributed by atoms with Gasteiger partial charge in [-0.3, -0.25) is 4.90 Å². The van der Waals surface area contributed by atoms with E-state index in [2.05, 4.69) is 4.90 Å². The SMILES string of the molecule is CN1CCC[C@H]1CN(C(=O)O)c1ccccc1-c1ccccc1F. The number of likely N-dealkylation sites (tertiary alicyclic amines) is 1. The summed E-state index contributed by atoms with van der Waals surface area (Å²) in [6.07, 6.45) is 1.03. The number of hydrogen-bond acceptors (Lipinski definition) is 2. The highest BCUT2D eigenvalue weighted by atomic mass is 19.1. The number of anilines is 1. The Kier molecular flexibility index (Phi) is 4.81. The van der Waals surface area contributed by atoms with Gasteiger partial charge >= 0.3 is 6.09 Å². The van der Waals surface area contributed by atoms with E-state index in [0.717, 1.165) is 19.4 Å². The molecule has 0 radical (unpaired) electrons. The summed E-state index contributed by atoms with van der Waals surface area (Å²) in [6.45, 7) is 1.37. The smallest absolute Gasteiger partial charge is 0.411 e. The van der Waals surface area contributed by atoms with Gasteiger partial charge in [0.05, 0.1) is 5.69 Å². The van der Waals surface area contributed by atoms with E-state index in [0.29, 0.717) is 23.4 Å². The fourth-order valence-electron chi connectivity index (χ4n) is 3.32. The van der Waals surface area contributed by atoms with E-state index in [1.54, 1.807) is 42.5 Å². The van der Waals surface area contributed by atoms with Crippen LogP contribution in [0.1, 0.15) is 12.8 Å². The summed E-state index contributed by atoms with van der Waals surface area (Å²) in [5, 5.41) is 9.73. The van der Waals surface area contributed by atoms with Crippen LogP contribution >= 0.6 is 0 Å². The normalized spacial score (nSPS) is 17.8. The van der Waals surface area contributed by atoms with Gasteiger partial charge in [-0.15, -0.1) is 0 Å². The first-order chi connectivity index (χ1) is 11.6. The van der Waals surface area contributed by atoms with Crippen molar-refractivity contribution in [1.82, 2.24) is 4.90 Å². The number of halogens is 1. The number of nitrogens with zero attached hydrogens (tertiary/aromatic N) is 2. The molecule has 5 heteroatoms. The van der Waals surface area contributed by atoms with Crippen LogP contribution in [0.5, 0.6) is 0 Å². The van der Waals surface area contributed by atoms with Crippen molar-refractivity contribution >= 4 is 11.8 Å².